The van der Waals surface area contributed by atoms with Gasteiger partial charge in [0.1, 0.15) is 12.3 Å². The minimum absolute atomic E-state index is 0.000760. The lowest BCUT2D eigenvalue weighted by Gasteiger charge is -2.38. The number of carbonyl (C=O) groups is 2. The Bertz CT molecular complexity index is 844. The molecule has 0 bridgehead atoms. The van der Waals surface area contributed by atoms with Gasteiger partial charge in [-0.3, -0.25) is 9.59 Å². The summed E-state index contributed by atoms with van der Waals surface area (Å²) in [6.45, 7) is 6.71. The number of benzene rings is 1. The van der Waals surface area contributed by atoms with Gasteiger partial charge in [0.2, 0.25) is 11.8 Å². The van der Waals surface area contributed by atoms with Crippen LogP contribution in [-0.2, 0) is 16.0 Å². The molecular formula is C23H30N2O3S. The highest BCUT2D eigenvalue weighted by molar-refractivity contribution is 7.10. The standard InChI is InChI=1S/C23H30N2O3S/c1-5-6-21(26)25(16(2)3)15-22(27)24-13-11-20-19(12-14-29-20)23(24)17-7-9-18(28-4)10-8-17/h7-10,12,14,16,23H,5-6,11,13,15H2,1-4H3. The van der Waals surface area contributed by atoms with Crippen molar-refractivity contribution in [3.63, 3.8) is 0 Å². The van der Waals surface area contributed by atoms with Crippen molar-refractivity contribution >= 4 is 23.2 Å². The number of amides is 2. The van der Waals surface area contributed by atoms with Crippen molar-refractivity contribution < 1.29 is 14.3 Å². The smallest absolute Gasteiger partial charge is 0.243 e. The lowest BCUT2D eigenvalue weighted by Crippen LogP contribution is -2.48. The first-order valence-electron chi connectivity index (χ1n) is 10.2. The summed E-state index contributed by atoms with van der Waals surface area (Å²) < 4.78 is 5.29. The molecule has 0 radical (unpaired) electrons. The van der Waals surface area contributed by atoms with Crippen molar-refractivity contribution in [3.05, 3.63) is 51.7 Å². The van der Waals surface area contributed by atoms with E-state index >= 15 is 0 Å². The van der Waals surface area contributed by atoms with E-state index in [1.807, 2.05) is 49.9 Å². The van der Waals surface area contributed by atoms with Crippen LogP contribution in [0.1, 0.15) is 55.7 Å². The first-order chi connectivity index (χ1) is 14.0. The minimum Gasteiger partial charge on any atom is -0.497 e. The molecule has 2 amide bonds. The molecule has 156 valence electrons. The number of ether oxygens (including phenoxy) is 1. The van der Waals surface area contributed by atoms with E-state index in [9.17, 15) is 9.59 Å². The minimum atomic E-state index is -0.126. The van der Waals surface area contributed by atoms with Crippen LogP contribution in [0.4, 0.5) is 0 Å². The van der Waals surface area contributed by atoms with E-state index in [2.05, 4.69) is 11.4 Å². The Hall–Kier alpha value is -2.34. The van der Waals surface area contributed by atoms with E-state index in [0.29, 0.717) is 13.0 Å². The molecule has 0 saturated carbocycles. The van der Waals surface area contributed by atoms with Crippen LogP contribution in [0.5, 0.6) is 5.75 Å². The first kappa shape index (κ1) is 21.4. The molecule has 0 fully saturated rings. The normalized spacial score (nSPS) is 15.9. The number of nitrogens with zero attached hydrogens (tertiary/aromatic N) is 2. The van der Waals surface area contributed by atoms with Crippen LogP contribution in [0.25, 0.3) is 0 Å². The maximum atomic E-state index is 13.4. The SMILES string of the molecule is CCCC(=O)N(CC(=O)N1CCc2sccc2C1c1ccc(OC)cc1)C(C)C. The van der Waals surface area contributed by atoms with Gasteiger partial charge in [0.15, 0.2) is 0 Å². The maximum absolute atomic E-state index is 13.4. The lowest BCUT2D eigenvalue weighted by atomic mass is 9.93. The molecule has 6 heteroatoms. The average molecular weight is 415 g/mol. The van der Waals surface area contributed by atoms with Crippen LogP contribution in [0.15, 0.2) is 35.7 Å². The second-order valence-corrected chi connectivity index (χ2v) is 8.68. The molecule has 2 heterocycles. The zero-order valence-electron chi connectivity index (χ0n) is 17.7. The van der Waals surface area contributed by atoms with Gasteiger partial charge >= 0.3 is 0 Å². The molecule has 0 saturated heterocycles. The van der Waals surface area contributed by atoms with E-state index in [0.717, 1.165) is 24.2 Å². The summed E-state index contributed by atoms with van der Waals surface area (Å²) in [6, 6.07) is 9.92. The highest BCUT2D eigenvalue weighted by Gasteiger charge is 2.34. The van der Waals surface area contributed by atoms with Gasteiger partial charge in [0.25, 0.3) is 0 Å². The number of hydrogen-bond donors (Lipinski definition) is 0. The van der Waals surface area contributed by atoms with E-state index in [1.54, 1.807) is 23.3 Å². The van der Waals surface area contributed by atoms with E-state index in [-0.39, 0.29) is 30.4 Å². The monoisotopic (exact) mass is 414 g/mol. The van der Waals surface area contributed by atoms with Gasteiger partial charge in [0.05, 0.1) is 13.2 Å². The summed E-state index contributed by atoms with van der Waals surface area (Å²) in [5.41, 5.74) is 2.25. The molecule has 1 aromatic heterocycles. The Balaban J connectivity index is 1.89. The molecule has 1 atom stereocenters. The van der Waals surface area contributed by atoms with Crippen molar-refractivity contribution in [1.82, 2.24) is 9.80 Å². The molecule has 1 aromatic carbocycles. The number of rotatable bonds is 7. The zero-order valence-corrected chi connectivity index (χ0v) is 18.5. The van der Waals surface area contributed by atoms with E-state index < -0.39 is 0 Å². The van der Waals surface area contributed by atoms with Gasteiger partial charge < -0.3 is 14.5 Å². The Morgan fingerprint density at radius 2 is 1.97 bits per heavy atom. The number of thiophene rings is 1. The topological polar surface area (TPSA) is 49.9 Å². The van der Waals surface area contributed by atoms with Crippen LogP contribution < -0.4 is 4.74 Å². The van der Waals surface area contributed by atoms with Crippen molar-refractivity contribution in [3.8, 4) is 5.75 Å². The van der Waals surface area contributed by atoms with Crippen LogP contribution in [-0.4, -0.2) is 47.9 Å². The Labute approximate surface area is 177 Å². The zero-order chi connectivity index (χ0) is 21.0. The fraction of sp³-hybridized carbons (Fsp3) is 0.478. The third-order valence-electron chi connectivity index (χ3n) is 5.43. The predicted molar refractivity (Wildman–Crippen MR) is 116 cm³/mol. The van der Waals surface area contributed by atoms with E-state index in [4.69, 9.17) is 4.74 Å². The molecule has 1 aliphatic rings. The number of hydrogen-bond acceptors (Lipinski definition) is 4. The summed E-state index contributed by atoms with van der Waals surface area (Å²) in [7, 11) is 1.65. The molecule has 0 N–H and O–H groups in total. The molecule has 0 aliphatic carbocycles. The van der Waals surface area contributed by atoms with Gasteiger partial charge in [-0.15, -0.1) is 11.3 Å². The highest BCUT2D eigenvalue weighted by atomic mass is 32.1. The Kier molecular flexibility index (Phi) is 6.96. The number of methoxy groups -OCH3 is 1. The van der Waals surface area contributed by atoms with Gasteiger partial charge in [-0.25, -0.2) is 0 Å². The summed E-state index contributed by atoms with van der Waals surface area (Å²) in [6.07, 6.45) is 2.12. The Morgan fingerprint density at radius 3 is 2.59 bits per heavy atom. The van der Waals surface area contributed by atoms with Gasteiger partial charge in [-0.05, 0) is 61.4 Å². The Morgan fingerprint density at radius 1 is 1.24 bits per heavy atom. The van der Waals surface area contributed by atoms with Crippen molar-refractivity contribution in [2.45, 2.75) is 52.1 Å². The lowest BCUT2D eigenvalue weighted by molar-refractivity contribution is -0.143. The van der Waals surface area contributed by atoms with Crippen molar-refractivity contribution in [2.75, 3.05) is 20.2 Å². The number of carbonyl (C=O) groups excluding carboxylic acids is 2. The fourth-order valence-corrected chi connectivity index (χ4v) is 4.79. The molecule has 5 nitrogen and oxygen atoms in total. The van der Waals surface area contributed by atoms with Crippen molar-refractivity contribution in [2.24, 2.45) is 0 Å². The van der Waals surface area contributed by atoms with Crippen LogP contribution in [0.2, 0.25) is 0 Å². The second kappa shape index (κ2) is 9.44. The van der Waals surface area contributed by atoms with Crippen LogP contribution in [0.3, 0.4) is 0 Å². The second-order valence-electron chi connectivity index (χ2n) is 7.68. The van der Waals surface area contributed by atoms with Gasteiger partial charge in [-0.1, -0.05) is 19.1 Å². The predicted octanol–water partition coefficient (Wildman–Crippen LogP) is 4.27. The van der Waals surface area contributed by atoms with E-state index in [1.165, 1.54) is 10.4 Å². The molecule has 1 unspecified atom stereocenters. The molecule has 29 heavy (non-hydrogen) atoms. The quantitative estimate of drug-likeness (QED) is 0.680. The molecule has 2 aromatic rings. The van der Waals surface area contributed by atoms with Crippen LogP contribution >= 0.6 is 11.3 Å². The summed E-state index contributed by atoms with van der Waals surface area (Å²) in [5, 5.41) is 2.10. The molecule has 0 spiro atoms. The molecular weight excluding hydrogens is 384 g/mol. The largest absolute Gasteiger partial charge is 0.497 e. The average Bonchev–Trinajstić information content (AvgIpc) is 3.20. The van der Waals surface area contributed by atoms with Gasteiger partial charge in [-0.2, -0.15) is 0 Å². The first-order valence-corrected chi connectivity index (χ1v) is 11.1. The summed E-state index contributed by atoms with van der Waals surface area (Å²) in [5.74, 6) is 0.843. The molecule has 1 aliphatic heterocycles. The molecule has 3 rings (SSSR count). The maximum Gasteiger partial charge on any atom is 0.243 e. The fourth-order valence-electron chi connectivity index (χ4n) is 3.88. The third-order valence-corrected chi connectivity index (χ3v) is 6.43. The summed E-state index contributed by atoms with van der Waals surface area (Å²) >= 11 is 1.75. The van der Waals surface area contributed by atoms with Crippen molar-refractivity contribution in [1.29, 1.82) is 0 Å². The third kappa shape index (κ3) is 4.64. The number of fused-ring (bicyclic) bond motifs is 1. The highest BCUT2D eigenvalue weighted by Crippen LogP contribution is 2.38. The van der Waals surface area contributed by atoms with Crippen LogP contribution in [0, 0.1) is 0 Å². The van der Waals surface area contributed by atoms with Gasteiger partial charge in [0, 0.05) is 23.9 Å². The summed E-state index contributed by atoms with van der Waals surface area (Å²) in [4.78, 5) is 30.9.